The first-order valence-electron chi connectivity index (χ1n) is 3.31. The second-order valence-corrected chi connectivity index (χ2v) is 2.19. The lowest BCUT2D eigenvalue weighted by molar-refractivity contribution is -0.134. The molecule has 0 saturated carbocycles. The van der Waals surface area contributed by atoms with E-state index in [0.717, 1.165) is 4.90 Å². The van der Waals surface area contributed by atoms with Crippen LogP contribution >= 0.6 is 0 Å². The van der Waals surface area contributed by atoms with Crippen LogP contribution in [0.1, 0.15) is 0 Å². The maximum absolute atomic E-state index is 9.62. The van der Waals surface area contributed by atoms with Gasteiger partial charge in [-0.2, -0.15) is 0 Å². The van der Waals surface area contributed by atoms with Crippen molar-refractivity contribution < 1.29 is 29.7 Å². The number of carboxylic acids is 2. The van der Waals surface area contributed by atoms with Gasteiger partial charge < -0.3 is 20.2 Å². The number of carboxylic acid groups (broad SMARTS) is 3. The average Bonchev–Trinajstić information content (AvgIpc) is 2.01. The predicted octanol–water partition coefficient (Wildman–Crippen LogP) is -0.0622. The Morgan fingerprint density at radius 3 is 1.21 bits per heavy atom. The topological polar surface area (TPSA) is 115 Å². The molecule has 0 radical (unpaired) electrons. The molecule has 80 valence electrons. The lowest BCUT2D eigenvalue weighted by Gasteiger charge is -1.99. The molecule has 0 saturated heterocycles. The molecule has 7 nitrogen and oxygen atoms in total. The van der Waals surface area contributed by atoms with Crippen LogP contribution in [-0.4, -0.2) is 52.3 Å². The molecule has 7 heteroatoms. The Kier molecular flexibility index (Phi) is 7.85. The van der Waals surface area contributed by atoms with Crippen molar-refractivity contribution in [1.82, 2.24) is 4.90 Å². The van der Waals surface area contributed by atoms with Crippen LogP contribution in [0.3, 0.4) is 0 Å². The molecule has 1 amide bonds. The summed E-state index contributed by atoms with van der Waals surface area (Å²) in [6, 6.07) is 0. The molecule has 3 N–H and O–H groups in total. The number of aliphatic carboxylic acids is 2. The molecule has 0 fully saturated rings. The first-order chi connectivity index (χ1) is 6.27. The molecule has 0 aromatic carbocycles. The Morgan fingerprint density at radius 2 is 1.14 bits per heavy atom. The van der Waals surface area contributed by atoms with Crippen molar-refractivity contribution in [3.8, 4) is 0 Å². The maximum Gasteiger partial charge on any atom is 0.406 e. The van der Waals surface area contributed by atoms with Gasteiger partial charge in [0, 0.05) is 26.2 Å². The zero-order chi connectivity index (χ0) is 11.7. The summed E-state index contributed by atoms with van der Waals surface area (Å²) in [5, 5.41) is 23.5. The van der Waals surface area contributed by atoms with Crippen LogP contribution < -0.4 is 0 Å². The van der Waals surface area contributed by atoms with Gasteiger partial charge in [0.15, 0.2) is 0 Å². The fraction of sp³-hybridized carbons (Fsp3) is 0.286. The maximum atomic E-state index is 9.62. The highest BCUT2D eigenvalue weighted by molar-refractivity contribution is 5.89. The predicted molar refractivity (Wildman–Crippen MR) is 46.1 cm³/mol. The van der Waals surface area contributed by atoms with E-state index in [4.69, 9.17) is 15.3 Å². The quantitative estimate of drug-likeness (QED) is 0.544. The van der Waals surface area contributed by atoms with Crippen LogP contribution in [0.2, 0.25) is 0 Å². The fourth-order valence-electron chi connectivity index (χ4n) is 0.143. The summed E-state index contributed by atoms with van der Waals surface area (Å²) >= 11 is 0. The van der Waals surface area contributed by atoms with Crippen molar-refractivity contribution in [2.24, 2.45) is 0 Å². The molecule has 0 aliphatic heterocycles. The Bertz CT molecular complexity index is 229. The summed E-state index contributed by atoms with van der Waals surface area (Å²) in [7, 11) is 2.95. The van der Waals surface area contributed by atoms with Gasteiger partial charge in [-0.15, -0.1) is 0 Å². The van der Waals surface area contributed by atoms with Crippen molar-refractivity contribution in [2.45, 2.75) is 0 Å². The number of hydrogen-bond acceptors (Lipinski definition) is 3. The van der Waals surface area contributed by atoms with Crippen molar-refractivity contribution in [2.75, 3.05) is 14.1 Å². The molecule has 0 heterocycles. The summed E-state index contributed by atoms with van der Waals surface area (Å²) in [4.78, 5) is 29.8. The van der Waals surface area contributed by atoms with Crippen LogP contribution in [0.4, 0.5) is 4.79 Å². The lowest BCUT2D eigenvalue weighted by atomic mass is 10.5. The van der Waals surface area contributed by atoms with Crippen LogP contribution in [0, 0.1) is 0 Å². The molecule has 0 atom stereocenters. The van der Waals surface area contributed by atoms with Gasteiger partial charge in [0.2, 0.25) is 0 Å². The van der Waals surface area contributed by atoms with E-state index in [-0.39, 0.29) is 0 Å². The van der Waals surface area contributed by atoms with Crippen molar-refractivity contribution in [3.05, 3.63) is 12.2 Å². The molecule has 0 aliphatic carbocycles. The lowest BCUT2D eigenvalue weighted by Crippen LogP contribution is -2.18. The minimum atomic E-state index is -1.26. The zero-order valence-electron chi connectivity index (χ0n) is 7.67. The molecule has 14 heavy (non-hydrogen) atoms. The molecule has 0 aromatic heterocycles. The van der Waals surface area contributed by atoms with Crippen molar-refractivity contribution >= 4 is 18.0 Å². The van der Waals surface area contributed by atoms with E-state index >= 15 is 0 Å². The number of rotatable bonds is 2. The van der Waals surface area contributed by atoms with Gasteiger partial charge in [0.25, 0.3) is 0 Å². The third-order valence-corrected chi connectivity index (χ3v) is 0.751. The molecule has 0 spiro atoms. The monoisotopic (exact) mass is 205 g/mol. The zero-order valence-corrected chi connectivity index (χ0v) is 7.67. The average molecular weight is 205 g/mol. The Hall–Kier alpha value is -2.05. The second kappa shape index (κ2) is 7.59. The first-order valence-corrected chi connectivity index (χ1v) is 3.31. The van der Waals surface area contributed by atoms with E-state index in [9.17, 15) is 14.4 Å². The largest absolute Gasteiger partial charge is 0.478 e. The van der Waals surface area contributed by atoms with E-state index < -0.39 is 18.0 Å². The Balaban J connectivity index is 0. The van der Waals surface area contributed by atoms with Crippen molar-refractivity contribution in [1.29, 1.82) is 0 Å². The fourth-order valence-corrected chi connectivity index (χ4v) is 0.143. The minimum Gasteiger partial charge on any atom is -0.478 e. The molecule has 0 rings (SSSR count). The van der Waals surface area contributed by atoms with Gasteiger partial charge in [-0.1, -0.05) is 0 Å². The number of amides is 1. The Labute approximate surface area is 79.9 Å². The van der Waals surface area contributed by atoms with Crippen LogP contribution in [0.15, 0.2) is 12.2 Å². The minimum absolute atomic E-state index is 0.558. The van der Waals surface area contributed by atoms with Gasteiger partial charge in [-0.05, 0) is 0 Å². The van der Waals surface area contributed by atoms with Gasteiger partial charge in [-0.3, -0.25) is 0 Å². The van der Waals surface area contributed by atoms with E-state index in [1.165, 1.54) is 14.1 Å². The van der Waals surface area contributed by atoms with Gasteiger partial charge >= 0.3 is 18.0 Å². The summed E-state index contributed by atoms with van der Waals surface area (Å²) in [6.45, 7) is 0. The molecule has 0 bridgehead atoms. The van der Waals surface area contributed by atoms with Gasteiger partial charge in [0.05, 0.1) is 0 Å². The smallest absolute Gasteiger partial charge is 0.406 e. The second-order valence-electron chi connectivity index (χ2n) is 2.19. The highest BCUT2D eigenvalue weighted by atomic mass is 16.4. The van der Waals surface area contributed by atoms with Crippen molar-refractivity contribution in [3.63, 3.8) is 0 Å². The SMILES string of the molecule is CN(C)C(=O)O.O=C(O)/C=C/C(=O)O. The van der Waals surface area contributed by atoms with Crippen LogP contribution in [0.25, 0.3) is 0 Å². The molecule has 0 aliphatic rings. The van der Waals surface area contributed by atoms with E-state index in [1.54, 1.807) is 0 Å². The third-order valence-electron chi connectivity index (χ3n) is 0.751. The number of carbonyl (C=O) groups is 3. The summed E-state index contributed by atoms with van der Waals surface area (Å²) in [5.74, 6) is -2.51. The normalized spacial score (nSPS) is 8.71. The van der Waals surface area contributed by atoms with Crippen LogP contribution in [0.5, 0.6) is 0 Å². The first kappa shape index (κ1) is 14.5. The summed E-state index contributed by atoms with van der Waals surface area (Å²) in [5.41, 5.74) is 0. The molecular formula is C7H11NO6. The summed E-state index contributed by atoms with van der Waals surface area (Å²) < 4.78 is 0. The summed E-state index contributed by atoms with van der Waals surface area (Å²) in [6.07, 6.45) is 0.208. The molecule has 0 aromatic rings. The highest BCUT2D eigenvalue weighted by Gasteiger charge is 1.92. The molecular weight excluding hydrogens is 194 g/mol. The van der Waals surface area contributed by atoms with Gasteiger partial charge in [-0.25, -0.2) is 14.4 Å². The van der Waals surface area contributed by atoms with Crippen LogP contribution in [-0.2, 0) is 9.59 Å². The molecule has 0 unspecified atom stereocenters. The van der Waals surface area contributed by atoms with E-state index in [2.05, 4.69) is 0 Å². The highest BCUT2D eigenvalue weighted by Crippen LogP contribution is 1.70. The van der Waals surface area contributed by atoms with Gasteiger partial charge in [0.1, 0.15) is 0 Å². The number of nitrogens with zero attached hydrogens (tertiary/aromatic N) is 1. The number of hydrogen-bond donors (Lipinski definition) is 3. The van der Waals surface area contributed by atoms with E-state index in [1.807, 2.05) is 0 Å². The van der Waals surface area contributed by atoms with E-state index in [0.29, 0.717) is 12.2 Å². The standard InChI is InChI=1S/C4H4O4.C3H7NO2/c5-3(6)1-2-4(7)8;1-4(2)3(5)6/h1-2H,(H,5,6)(H,7,8);1-2H3,(H,5,6)/b2-1+;. The Morgan fingerprint density at radius 1 is 0.929 bits per heavy atom. The third kappa shape index (κ3) is 16.5.